The minimum absolute atomic E-state index is 0.424. The Kier molecular flexibility index (Phi) is 3.28. The van der Waals surface area contributed by atoms with Crippen LogP contribution in [-0.2, 0) is 0 Å². The van der Waals surface area contributed by atoms with Gasteiger partial charge in [-0.1, -0.05) is 13.5 Å². The molecule has 48 valence electrons. The number of hydrogen-bond acceptors (Lipinski definition) is 2. The van der Waals surface area contributed by atoms with Crippen LogP contribution in [0.1, 0.15) is 20.3 Å². The van der Waals surface area contributed by atoms with Crippen LogP contribution in [0.4, 0.5) is 0 Å². The average Bonchev–Trinajstić information content (AvgIpc) is 1.65. The Hall–Kier alpha value is -0.500. The van der Waals surface area contributed by atoms with E-state index in [1.54, 1.807) is 0 Å². The molecule has 1 atom stereocenters. The van der Waals surface area contributed by atoms with Crippen molar-refractivity contribution in [1.82, 2.24) is 5.32 Å². The highest BCUT2D eigenvalue weighted by Crippen LogP contribution is 1.87. The molecule has 0 saturated carbocycles. The van der Waals surface area contributed by atoms with Crippen LogP contribution in [0, 0.1) is 0 Å². The van der Waals surface area contributed by atoms with Crippen molar-refractivity contribution in [2.45, 2.75) is 26.5 Å². The Bertz CT molecular complexity index is 80.6. The van der Waals surface area contributed by atoms with E-state index >= 15 is 0 Å². The van der Waals surface area contributed by atoms with E-state index in [2.05, 4.69) is 11.9 Å². The Labute approximate surface area is 50.2 Å². The first-order chi connectivity index (χ1) is 3.66. The van der Waals surface area contributed by atoms with E-state index < -0.39 is 6.23 Å². The third kappa shape index (κ3) is 3.68. The maximum Gasteiger partial charge on any atom is 0.123 e. The van der Waals surface area contributed by atoms with Gasteiger partial charge in [-0.25, -0.2) is 0 Å². The van der Waals surface area contributed by atoms with E-state index in [0.29, 0.717) is 6.42 Å². The molecule has 0 spiro atoms. The molecule has 0 aliphatic heterocycles. The number of allylic oxidation sites excluding steroid dienone is 1. The third-order valence-electron chi connectivity index (χ3n) is 0.800. The van der Waals surface area contributed by atoms with Gasteiger partial charge in [0.05, 0.1) is 0 Å². The van der Waals surface area contributed by atoms with E-state index in [4.69, 9.17) is 5.11 Å². The van der Waals surface area contributed by atoms with Crippen molar-refractivity contribution in [1.29, 1.82) is 0 Å². The smallest absolute Gasteiger partial charge is 0.123 e. The van der Waals surface area contributed by atoms with Crippen molar-refractivity contribution < 1.29 is 5.11 Å². The van der Waals surface area contributed by atoms with Gasteiger partial charge in [-0.15, -0.1) is 0 Å². The van der Waals surface area contributed by atoms with Crippen LogP contribution >= 0.6 is 0 Å². The maximum absolute atomic E-state index is 8.86. The van der Waals surface area contributed by atoms with Crippen LogP contribution < -0.4 is 5.32 Å². The molecule has 0 aromatic carbocycles. The Morgan fingerprint density at radius 3 is 2.50 bits per heavy atom. The summed E-state index contributed by atoms with van der Waals surface area (Å²) in [5.74, 6) is 0. The molecule has 0 aliphatic carbocycles. The van der Waals surface area contributed by atoms with Crippen molar-refractivity contribution in [2.75, 3.05) is 0 Å². The first kappa shape index (κ1) is 7.50. The second-order valence-electron chi connectivity index (χ2n) is 1.85. The summed E-state index contributed by atoms with van der Waals surface area (Å²) >= 11 is 0. The zero-order valence-corrected chi connectivity index (χ0v) is 5.44. The van der Waals surface area contributed by atoms with Crippen molar-refractivity contribution in [3.05, 3.63) is 12.3 Å². The maximum atomic E-state index is 8.86. The lowest BCUT2D eigenvalue weighted by Crippen LogP contribution is -2.25. The lowest BCUT2D eigenvalue weighted by Gasteiger charge is -2.09. The van der Waals surface area contributed by atoms with Gasteiger partial charge in [-0.05, 0) is 13.3 Å². The molecule has 0 aromatic heterocycles. The first-order valence-electron chi connectivity index (χ1n) is 2.77. The molecule has 0 bridgehead atoms. The largest absolute Gasteiger partial charge is 0.374 e. The molecule has 2 N–H and O–H groups in total. The van der Waals surface area contributed by atoms with Gasteiger partial charge in [-0.3, -0.25) is 0 Å². The highest BCUT2D eigenvalue weighted by Gasteiger charge is 1.94. The molecule has 8 heavy (non-hydrogen) atoms. The highest BCUT2D eigenvalue weighted by atomic mass is 16.3. The summed E-state index contributed by atoms with van der Waals surface area (Å²) in [6.07, 6.45) is 0.292. The second-order valence-corrected chi connectivity index (χ2v) is 1.85. The average molecular weight is 115 g/mol. The van der Waals surface area contributed by atoms with Crippen molar-refractivity contribution in [3.8, 4) is 0 Å². The zero-order chi connectivity index (χ0) is 6.57. The Morgan fingerprint density at radius 1 is 1.88 bits per heavy atom. The molecule has 0 aromatic rings. The predicted molar refractivity (Wildman–Crippen MR) is 34.2 cm³/mol. The van der Waals surface area contributed by atoms with Crippen LogP contribution in [0.15, 0.2) is 12.3 Å². The fraction of sp³-hybridized carbons (Fsp3) is 0.667. The molecule has 0 fully saturated rings. The van der Waals surface area contributed by atoms with Crippen LogP contribution in [0.3, 0.4) is 0 Å². The predicted octanol–water partition coefficient (Wildman–Crippen LogP) is 0.838. The molecule has 0 saturated heterocycles. The number of hydrogen-bond donors (Lipinski definition) is 2. The normalized spacial score (nSPS) is 12.9. The fourth-order valence-electron chi connectivity index (χ4n) is 0.386. The fourth-order valence-corrected chi connectivity index (χ4v) is 0.386. The SMILES string of the molecule is C=C(C)NC(O)CC. The topological polar surface area (TPSA) is 32.3 Å². The number of rotatable bonds is 3. The van der Waals surface area contributed by atoms with Crippen molar-refractivity contribution in [3.63, 3.8) is 0 Å². The Balaban J connectivity index is 3.24. The lowest BCUT2D eigenvalue weighted by atomic mass is 10.4. The van der Waals surface area contributed by atoms with E-state index in [1.807, 2.05) is 13.8 Å². The molecule has 0 heterocycles. The van der Waals surface area contributed by atoms with Crippen LogP contribution in [0.5, 0.6) is 0 Å². The summed E-state index contributed by atoms with van der Waals surface area (Å²) in [6, 6.07) is 0. The van der Waals surface area contributed by atoms with E-state index in [0.717, 1.165) is 5.70 Å². The number of aliphatic hydroxyl groups is 1. The van der Waals surface area contributed by atoms with Gasteiger partial charge in [0.1, 0.15) is 6.23 Å². The summed E-state index contributed by atoms with van der Waals surface area (Å²) in [7, 11) is 0. The van der Waals surface area contributed by atoms with Gasteiger partial charge >= 0.3 is 0 Å². The van der Waals surface area contributed by atoms with Crippen LogP contribution in [0.2, 0.25) is 0 Å². The summed E-state index contributed by atoms with van der Waals surface area (Å²) in [5.41, 5.74) is 0.805. The second kappa shape index (κ2) is 3.50. The minimum atomic E-state index is -0.424. The van der Waals surface area contributed by atoms with Gasteiger partial charge < -0.3 is 10.4 Å². The van der Waals surface area contributed by atoms with E-state index in [9.17, 15) is 0 Å². The van der Waals surface area contributed by atoms with Crippen LogP contribution in [0.25, 0.3) is 0 Å². The standard InChI is InChI=1S/C6H13NO/c1-4-6(8)7-5(2)3/h6-8H,2,4H2,1,3H3. The van der Waals surface area contributed by atoms with E-state index in [1.165, 1.54) is 0 Å². The summed E-state index contributed by atoms with van der Waals surface area (Å²) < 4.78 is 0. The highest BCUT2D eigenvalue weighted by molar-refractivity contribution is 4.84. The Morgan fingerprint density at radius 2 is 2.38 bits per heavy atom. The number of nitrogens with one attached hydrogen (secondary N) is 1. The molecule has 0 rings (SSSR count). The van der Waals surface area contributed by atoms with Crippen LogP contribution in [-0.4, -0.2) is 11.3 Å². The van der Waals surface area contributed by atoms with Gasteiger partial charge in [0.2, 0.25) is 0 Å². The first-order valence-corrected chi connectivity index (χ1v) is 2.77. The molecular formula is C6H13NO. The molecule has 0 radical (unpaired) electrons. The monoisotopic (exact) mass is 115 g/mol. The summed E-state index contributed by atoms with van der Waals surface area (Å²) in [6.45, 7) is 7.29. The summed E-state index contributed by atoms with van der Waals surface area (Å²) in [5, 5.41) is 11.6. The molecular weight excluding hydrogens is 102 g/mol. The molecule has 0 amide bonds. The van der Waals surface area contributed by atoms with Gasteiger partial charge in [0.25, 0.3) is 0 Å². The van der Waals surface area contributed by atoms with Crippen molar-refractivity contribution in [2.24, 2.45) is 0 Å². The molecule has 2 heteroatoms. The molecule has 1 unspecified atom stereocenters. The molecule has 0 aliphatic rings. The third-order valence-corrected chi connectivity index (χ3v) is 0.800. The minimum Gasteiger partial charge on any atom is -0.374 e. The van der Waals surface area contributed by atoms with Gasteiger partial charge in [0, 0.05) is 5.70 Å². The van der Waals surface area contributed by atoms with Gasteiger partial charge in [0.15, 0.2) is 0 Å². The van der Waals surface area contributed by atoms with Crippen molar-refractivity contribution >= 4 is 0 Å². The number of aliphatic hydroxyl groups excluding tert-OH is 1. The molecule has 2 nitrogen and oxygen atoms in total. The lowest BCUT2D eigenvalue weighted by molar-refractivity contribution is 0.145. The zero-order valence-electron chi connectivity index (χ0n) is 5.44. The summed E-state index contributed by atoms with van der Waals surface area (Å²) in [4.78, 5) is 0. The quantitative estimate of drug-likeness (QED) is 0.534. The van der Waals surface area contributed by atoms with E-state index in [-0.39, 0.29) is 0 Å². The van der Waals surface area contributed by atoms with Gasteiger partial charge in [-0.2, -0.15) is 0 Å².